The van der Waals surface area contributed by atoms with Gasteiger partial charge >= 0.3 is 0 Å². The molecule has 0 saturated heterocycles. The van der Waals surface area contributed by atoms with E-state index in [0.29, 0.717) is 48.3 Å². The van der Waals surface area contributed by atoms with Gasteiger partial charge in [-0.15, -0.1) is 0 Å². The number of carbonyl (C=O) groups excluding carboxylic acids is 2. The van der Waals surface area contributed by atoms with Crippen LogP contribution in [0.5, 0.6) is 11.5 Å². The summed E-state index contributed by atoms with van der Waals surface area (Å²) in [6.45, 7) is 6.37. The lowest BCUT2D eigenvalue weighted by molar-refractivity contribution is -0.140. The Morgan fingerprint density at radius 2 is 1.62 bits per heavy atom. The molecular formula is C31H36ClN3O6S. The Hall–Kier alpha value is -3.76. The predicted molar refractivity (Wildman–Crippen MR) is 162 cm³/mol. The van der Waals surface area contributed by atoms with Crippen molar-refractivity contribution in [2.75, 3.05) is 30.6 Å². The zero-order chi connectivity index (χ0) is 30.3. The molecule has 0 fully saturated rings. The molecule has 0 aliphatic carbocycles. The molecular weight excluding hydrogens is 578 g/mol. The van der Waals surface area contributed by atoms with Crippen molar-refractivity contribution in [1.82, 2.24) is 10.2 Å². The van der Waals surface area contributed by atoms with Gasteiger partial charge in [0.2, 0.25) is 11.8 Å². The molecule has 1 unspecified atom stereocenters. The van der Waals surface area contributed by atoms with Gasteiger partial charge in [-0.1, -0.05) is 68.8 Å². The number of halogens is 1. The van der Waals surface area contributed by atoms with E-state index in [1.54, 1.807) is 60.7 Å². The number of nitrogens with one attached hydrogen (secondary N) is 1. The van der Waals surface area contributed by atoms with Crippen LogP contribution in [0.2, 0.25) is 5.02 Å². The second-order valence-corrected chi connectivity index (χ2v) is 12.6. The maximum Gasteiger partial charge on any atom is 0.264 e. The molecule has 0 radical (unpaired) electrons. The zero-order valence-electron chi connectivity index (χ0n) is 24.0. The summed E-state index contributed by atoms with van der Waals surface area (Å²) < 4.78 is 40.4. The number of amides is 2. The first-order valence-electron chi connectivity index (χ1n) is 13.9. The van der Waals surface area contributed by atoms with Crippen LogP contribution < -0.4 is 19.1 Å². The van der Waals surface area contributed by atoms with E-state index in [-0.39, 0.29) is 29.0 Å². The molecule has 1 aliphatic rings. The fraction of sp³-hybridized carbons (Fsp3) is 0.355. The third-order valence-electron chi connectivity index (χ3n) is 6.79. The van der Waals surface area contributed by atoms with E-state index in [1.807, 2.05) is 20.8 Å². The number of ether oxygens (including phenoxy) is 2. The number of hydrogen-bond acceptors (Lipinski definition) is 6. The summed E-state index contributed by atoms with van der Waals surface area (Å²) in [5, 5.41) is 3.35. The summed E-state index contributed by atoms with van der Waals surface area (Å²) in [4.78, 5) is 29.0. The van der Waals surface area contributed by atoms with Crippen molar-refractivity contribution in [3.05, 3.63) is 83.4 Å². The van der Waals surface area contributed by atoms with Crippen molar-refractivity contribution in [2.45, 2.75) is 44.7 Å². The topological polar surface area (TPSA) is 105 Å². The van der Waals surface area contributed by atoms with Crippen molar-refractivity contribution in [3.63, 3.8) is 0 Å². The highest BCUT2D eigenvalue weighted by Crippen LogP contribution is 2.36. The van der Waals surface area contributed by atoms with Crippen LogP contribution in [0.3, 0.4) is 0 Å². The molecule has 11 heteroatoms. The summed E-state index contributed by atoms with van der Waals surface area (Å²) in [5.74, 6) is 0.202. The van der Waals surface area contributed by atoms with Gasteiger partial charge in [0.15, 0.2) is 11.5 Å². The monoisotopic (exact) mass is 613 g/mol. The molecule has 224 valence electrons. The van der Waals surface area contributed by atoms with Gasteiger partial charge in [-0.3, -0.25) is 13.9 Å². The Bertz CT molecular complexity index is 1500. The summed E-state index contributed by atoms with van der Waals surface area (Å²) in [5.41, 5.74) is 0.867. The van der Waals surface area contributed by atoms with E-state index < -0.39 is 28.5 Å². The average Bonchev–Trinajstić information content (AvgIpc) is 2.99. The molecule has 42 heavy (non-hydrogen) atoms. The molecule has 1 heterocycles. The molecule has 4 rings (SSSR count). The van der Waals surface area contributed by atoms with Crippen LogP contribution in [0.25, 0.3) is 0 Å². The number of sulfonamides is 1. The van der Waals surface area contributed by atoms with Crippen LogP contribution in [0.15, 0.2) is 77.7 Å². The Morgan fingerprint density at radius 3 is 2.29 bits per heavy atom. The maximum absolute atomic E-state index is 14.2. The number of hydrogen-bond donors (Lipinski definition) is 1. The van der Waals surface area contributed by atoms with E-state index in [0.717, 1.165) is 4.31 Å². The number of nitrogens with zero attached hydrogens (tertiary/aromatic N) is 2. The lowest BCUT2D eigenvalue weighted by Crippen LogP contribution is -2.52. The van der Waals surface area contributed by atoms with Crippen molar-refractivity contribution < 1.29 is 27.5 Å². The molecule has 3 aromatic carbocycles. The highest BCUT2D eigenvalue weighted by molar-refractivity contribution is 7.92. The van der Waals surface area contributed by atoms with Crippen LogP contribution in [0.1, 0.15) is 32.8 Å². The van der Waals surface area contributed by atoms with Gasteiger partial charge in [0, 0.05) is 24.2 Å². The van der Waals surface area contributed by atoms with Crippen LogP contribution >= 0.6 is 11.6 Å². The second kappa shape index (κ2) is 13.9. The van der Waals surface area contributed by atoms with Gasteiger partial charge in [0.1, 0.15) is 25.8 Å². The summed E-state index contributed by atoms with van der Waals surface area (Å²) in [6, 6.07) is 18.9. The fourth-order valence-corrected chi connectivity index (χ4v) is 6.21. The number of anilines is 1. The Morgan fingerprint density at radius 1 is 0.952 bits per heavy atom. The van der Waals surface area contributed by atoms with Crippen molar-refractivity contribution in [1.29, 1.82) is 0 Å². The minimum Gasteiger partial charge on any atom is -0.486 e. The quantitative estimate of drug-likeness (QED) is 0.312. The van der Waals surface area contributed by atoms with Crippen LogP contribution in [-0.2, 0) is 26.2 Å². The minimum absolute atomic E-state index is 0.0203. The van der Waals surface area contributed by atoms with Crippen LogP contribution in [0.4, 0.5) is 5.69 Å². The molecule has 1 N–H and O–H groups in total. The van der Waals surface area contributed by atoms with Gasteiger partial charge in [0.05, 0.1) is 10.6 Å². The summed E-state index contributed by atoms with van der Waals surface area (Å²) in [7, 11) is -4.20. The third-order valence-corrected chi connectivity index (χ3v) is 8.95. The van der Waals surface area contributed by atoms with Crippen molar-refractivity contribution in [3.8, 4) is 11.5 Å². The SMILES string of the molecule is CCC(C(=O)NCC(C)C)N(Cc1ccccc1Cl)C(=O)CN(c1ccc2c(c1)OCCO2)S(=O)(=O)c1ccccc1. The fourth-order valence-electron chi connectivity index (χ4n) is 4.59. The lowest BCUT2D eigenvalue weighted by atomic mass is 10.1. The van der Waals surface area contributed by atoms with E-state index in [2.05, 4.69) is 5.32 Å². The second-order valence-electron chi connectivity index (χ2n) is 10.3. The van der Waals surface area contributed by atoms with Crippen LogP contribution in [-0.4, -0.2) is 57.5 Å². The molecule has 3 aromatic rings. The highest BCUT2D eigenvalue weighted by atomic mass is 35.5. The lowest BCUT2D eigenvalue weighted by Gasteiger charge is -2.33. The first-order chi connectivity index (χ1) is 20.1. The van der Waals surface area contributed by atoms with Gasteiger partial charge in [-0.25, -0.2) is 8.42 Å². The van der Waals surface area contributed by atoms with Gasteiger partial charge in [-0.05, 0) is 48.2 Å². The summed E-state index contributed by atoms with van der Waals surface area (Å²) in [6.07, 6.45) is 0.315. The molecule has 0 saturated carbocycles. The Labute approximate surface area is 252 Å². The van der Waals surface area contributed by atoms with E-state index >= 15 is 0 Å². The minimum atomic E-state index is -4.20. The molecule has 0 aromatic heterocycles. The largest absolute Gasteiger partial charge is 0.486 e. The average molecular weight is 614 g/mol. The van der Waals surface area contributed by atoms with Crippen LogP contribution in [0, 0.1) is 5.92 Å². The molecule has 2 amide bonds. The molecule has 1 aliphatic heterocycles. The maximum atomic E-state index is 14.2. The van der Waals surface area contributed by atoms with E-state index in [4.69, 9.17) is 21.1 Å². The molecule has 9 nitrogen and oxygen atoms in total. The van der Waals surface area contributed by atoms with Crippen molar-refractivity contribution in [2.24, 2.45) is 5.92 Å². The predicted octanol–water partition coefficient (Wildman–Crippen LogP) is 4.89. The first-order valence-corrected chi connectivity index (χ1v) is 15.7. The summed E-state index contributed by atoms with van der Waals surface area (Å²) >= 11 is 6.45. The van der Waals surface area contributed by atoms with Gasteiger partial charge in [0.25, 0.3) is 10.0 Å². The standard InChI is InChI=1S/C31H36ClN3O6S/c1-4-27(31(37)33-19-22(2)3)34(20-23-10-8-9-13-26(23)32)30(36)21-35(42(38,39)25-11-6-5-7-12-25)24-14-15-28-29(18-24)41-17-16-40-28/h5-15,18,22,27H,4,16-17,19-21H2,1-3H3,(H,33,37). The van der Waals surface area contributed by atoms with E-state index in [1.165, 1.54) is 17.0 Å². The molecule has 0 bridgehead atoms. The Kier molecular flexibility index (Phi) is 10.3. The van der Waals surface area contributed by atoms with Gasteiger partial charge in [-0.2, -0.15) is 0 Å². The number of benzene rings is 3. The zero-order valence-corrected chi connectivity index (χ0v) is 25.5. The number of rotatable bonds is 12. The molecule has 0 spiro atoms. The third kappa shape index (κ3) is 7.35. The number of fused-ring (bicyclic) bond motifs is 1. The molecule has 1 atom stereocenters. The van der Waals surface area contributed by atoms with Crippen molar-refractivity contribution >= 4 is 39.1 Å². The van der Waals surface area contributed by atoms with E-state index in [9.17, 15) is 18.0 Å². The highest BCUT2D eigenvalue weighted by Gasteiger charge is 2.34. The smallest absolute Gasteiger partial charge is 0.264 e. The van der Waals surface area contributed by atoms with Gasteiger partial charge < -0.3 is 19.7 Å². The normalized spacial score (nSPS) is 13.4. The Balaban J connectivity index is 1.75. The first kappa shape index (κ1) is 31.2. The number of carbonyl (C=O) groups is 2.